The van der Waals surface area contributed by atoms with Gasteiger partial charge in [0.1, 0.15) is 5.75 Å². The zero-order valence-corrected chi connectivity index (χ0v) is 11.8. The molecule has 1 rings (SSSR count). The molecule has 1 aromatic rings. The Morgan fingerprint density at radius 3 is 2.63 bits per heavy atom. The summed E-state index contributed by atoms with van der Waals surface area (Å²) in [5, 5.41) is 0. The van der Waals surface area contributed by atoms with Crippen LogP contribution in [0.15, 0.2) is 18.2 Å². The first-order chi connectivity index (χ1) is 9.19. The van der Waals surface area contributed by atoms with Crippen molar-refractivity contribution in [3.8, 4) is 5.75 Å². The van der Waals surface area contributed by atoms with Crippen molar-refractivity contribution in [2.24, 2.45) is 0 Å². The summed E-state index contributed by atoms with van der Waals surface area (Å²) in [6, 6.07) is 4.97. The number of ether oxygens (including phenoxy) is 2. The van der Waals surface area contributed by atoms with Gasteiger partial charge in [0.2, 0.25) is 0 Å². The van der Waals surface area contributed by atoms with Gasteiger partial charge in [0.05, 0.1) is 24.5 Å². The molecular weight excluding hydrogens is 242 g/mol. The molecule has 0 bridgehead atoms. The van der Waals surface area contributed by atoms with Crippen molar-refractivity contribution < 1.29 is 14.3 Å². The van der Waals surface area contributed by atoms with E-state index in [2.05, 4.69) is 6.92 Å². The molecule has 0 aliphatic heterocycles. The Labute approximate surface area is 114 Å². The van der Waals surface area contributed by atoms with Crippen LogP contribution in [-0.4, -0.2) is 19.2 Å². The van der Waals surface area contributed by atoms with E-state index in [1.165, 1.54) is 12.8 Å². The Morgan fingerprint density at radius 1 is 1.21 bits per heavy atom. The van der Waals surface area contributed by atoms with Crippen LogP contribution in [0, 0.1) is 0 Å². The van der Waals surface area contributed by atoms with Gasteiger partial charge in [-0.3, -0.25) is 0 Å². The lowest BCUT2D eigenvalue weighted by Gasteiger charge is -2.09. The van der Waals surface area contributed by atoms with E-state index < -0.39 is 0 Å². The van der Waals surface area contributed by atoms with Gasteiger partial charge in [-0.2, -0.15) is 0 Å². The van der Waals surface area contributed by atoms with E-state index in [0.29, 0.717) is 30.2 Å². The van der Waals surface area contributed by atoms with Gasteiger partial charge >= 0.3 is 5.97 Å². The van der Waals surface area contributed by atoms with Crippen LogP contribution in [0.4, 0.5) is 5.69 Å². The van der Waals surface area contributed by atoms with Crippen LogP contribution in [0.2, 0.25) is 0 Å². The van der Waals surface area contributed by atoms with E-state index in [1.807, 2.05) is 6.92 Å². The molecule has 0 aromatic heterocycles. The first-order valence-corrected chi connectivity index (χ1v) is 6.88. The highest BCUT2D eigenvalue weighted by molar-refractivity contribution is 5.91. The van der Waals surface area contributed by atoms with Crippen molar-refractivity contribution in [3.05, 3.63) is 23.8 Å². The average molecular weight is 265 g/mol. The number of anilines is 1. The summed E-state index contributed by atoms with van der Waals surface area (Å²) in [5.41, 5.74) is 6.74. The molecule has 106 valence electrons. The summed E-state index contributed by atoms with van der Waals surface area (Å²) in [6.45, 7) is 5.05. The number of nitrogens with two attached hydrogens (primary N) is 1. The molecule has 0 unspecified atom stereocenters. The lowest BCUT2D eigenvalue weighted by molar-refractivity contribution is 0.0498. The third kappa shape index (κ3) is 5.20. The fraction of sp³-hybridized carbons (Fsp3) is 0.533. The monoisotopic (exact) mass is 265 g/mol. The Morgan fingerprint density at radius 2 is 2.00 bits per heavy atom. The lowest BCUT2D eigenvalue weighted by Crippen LogP contribution is -2.07. The summed E-state index contributed by atoms with van der Waals surface area (Å²) < 4.78 is 10.5. The van der Waals surface area contributed by atoms with Gasteiger partial charge in [-0.25, -0.2) is 4.79 Å². The van der Waals surface area contributed by atoms with Crippen molar-refractivity contribution in [1.29, 1.82) is 0 Å². The molecule has 4 heteroatoms. The van der Waals surface area contributed by atoms with Gasteiger partial charge in [-0.05, 0) is 31.5 Å². The number of esters is 1. The maximum atomic E-state index is 11.8. The third-order valence-electron chi connectivity index (χ3n) is 2.78. The van der Waals surface area contributed by atoms with Crippen LogP contribution >= 0.6 is 0 Å². The largest absolute Gasteiger partial charge is 0.492 e. The van der Waals surface area contributed by atoms with Crippen LogP contribution in [0.1, 0.15) is 49.9 Å². The van der Waals surface area contributed by atoms with Crippen LogP contribution in [-0.2, 0) is 4.74 Å². The van der Waals surface area contributed by atoms with Crippen LogP contribution in [0.3, 0.4) is 0 Å². The fourth-order valence-corrected chi connectivity index (χ4v) is 1.74. The second-order valence-corrected chi connectivity index (χ2v) is 4.38. The van der Waals surface area contributed by atoms with Gasteiger partial charge < -0.3 is 15.2 Å². The number of hydrogen-bond acceptors (Lipinski definition) is 4. The lowest BCUT2D eigenvalue weighted by atomic mass is 10.2. The molecule has 0 aliphatic rings. The SMILES string of the molecule is CCCCCCOC(=O)c1ccc(OCC)c(N)c1. The Balaban J connectivity index is 2.46. The molecule has 4 nitrogen and oxygen atoms in total. The van der Waals surface area contributed by atoms with Gasteiger partial charge in [0.25, 0.3) is 0 Å². The standard InChI is InChI=1S/C15H23NO3/c1-3-5-6-7-10-19-15(17)12-8-9-14(18-4-2)13(16)11-12/h8-9,11H,3-7,10,16H2,1-2H3. The van der Waals surface area contributed by atoms with Crippen molar-refractivity contribution in [3.63, 3.8) is 0 Å². The first kappa shape index (κ1) is 15.3. The Kier molecular flexibility index (Phi) is 6.79. The Bertz CT molecular complexity index is 404. The molecule has 0 amide bonds. The predicted molar refractivity (Wildman–Crippen MR) is 76.4 cm³/mol. The van der Waals surface area contributed by atoms with E-state index >= 15 is 0 Å². The molecule has 0 heterocycles. The minimum Gasteiger partial charge on any atom is -0.492 e. The zero-order valence-electron chi connectivity index (χ0n) is 11.8. The summed E-state index contributed by atoms with van der Waals surface area (Å²) in [5.74, 6) is 0.272. The highest BCUT2D eigenvalue weighted by Gasteiger charge is 2.09. The van der Waals surface area contributed by atoms with E-state index in [-0.39, 0.29) is 5.97 Å². The first-order valence-electron chi connectivity index (χ1n) is 6.88. The molecule has 1 aromatic carbocycles. The second-order valence-electron chi connectivity index (χ2n) is 4.38. The minimum absolute atomic E-state index is 0.328. The highest BCUT2D eigenvalue weighted by atomic mass is 16.5. The predicted octanol–water partition coefficient (Wildman–Crippen LogP) is 3.40. The molecule has 0 saturated heterocycles. The van der Waals surface area contributed by atoms with Crippen molar-refractivity contribution in [1.82, 2.24) is 0 Å². The molecule has 0 spiro atoms. The maximum Gasteiger partial charge on any atom is 0.338 e. The molecule has 0 aliphatic carbocycles. The highest BCUT2D eigenvalue weighted by Crippen LogP contribution is 2.22. The molecule has 2 N–H and O–H groups in total. The zero-order chi connectivity index (χ0) is 14.1. The smallest absolute Gasteiger partial charge is 0.338 e. The molecule has 0 radical (unpaired) electrons. The quantitative estimate of drug-likeness (QED) is 0.444. The molecule has 0 atom stereocenters. The van der Waals surface area contributed by atoms with Gasteiger partial charge in [0, 0.05) is 0 Å². The summed E-state index contributed by atoms with van der Waals surface area (Å²) in [6.07, 6.45) is 4.35. The van der Waals surface area contributed by atoms with Crippen molar-refractivity contribution in [2.45, 2.75) is 39.5 Å². The minimum atomic E-state index is -0.328. The molecular formula is C15H23NO3. The van der Waals surface area contributed by atoms with Crippen LogP contribution in [0.25, 0.3) is 0 Å². The van der Waals surface area contributed by atoms with E-state index in [9.17, 15) is 4.79 Å². The topological polar surface area (TPSA) is 61.5 Å². The van der Waals surface area contributed by atoms with Gasteiger partial charge in [-0.15, -0.1) is 0 Å². The summed E-state index contributed by atoms with van der Waals surface area (Å²) in [7, 11) is 0. The summed E-state index contributed by atoms with van der Waals surface area (Å²) >= 11 is 0. The molecule has 19 heavy (non-hydrogen) atoms. The number of nitrogen functional groups attached to an aromatic ring is 1. The van der Waals surface area contributed by atoms with Crippen LogP contribution < -0.4 is 10.5 Å². The van der Waals surface area contributed by atoms with E-state index in [0.717, 1.165) is 12.8 Å². The molecule has 0 saturated carbocycles. The van der Waals surface area contributed by atoms with E-state index in [4.69, 9.17) is 15.2 Å². The molecule has 0 fully saturated rings. The average Bonchev–Trinajstić information content (AvgIpc) is 2.41. The van der Waals surface area contributed by atoms with Gasteiger partial charge in [0.15, 0.2) is 0 Å². The normalized spacial score (nSPS) is 10.2. The van der Waals surface area contributed by atoms with E-state index in [1.54, 1.807) is 18.2 Å². The number of hydrogen-bond donors (Lipinski definition) is 1. The maximum absolute atomic E-state index is 11.8. The van der Waals surface area contributed by atoms with Gasteiger partial charge in [-0.1, -0.05) is 26.2 Å². The number of benzene rings is 1. The van der Waals surface area contributed by atoms with Crippen LogP contribution in [0.5, 0.6) is 5.75 Å². The number of carbonyl (C=O) groups excluding carboxylic acids is 1. The van der Waals surface area contributed by atoms with Crippen molar-refractivity contribution in [2.75, 3.05) is 18.9 Å². The number of unbranched alkanes of at least 4 members (excludes halogenated alkanes) is 3. The third-order valence-corrected chi connectivity index (χ3v) is 2.78. The number of carbonyl (C=O) groups is 1. The van der Waals surface area contributed by atoms with Crippen molar-refractivity contribution >= 4 is 11.7 Å². The Hall–Kier alpha value is -1.71. The summed E-state index contributed by atoms with van der Waals surface area (Å²) in [4.78, 5) is 11.8. The number of rotatable bonds is 8. The second kappa shape index (κ2) is 8.40. The fourth-order valence-electron chi connectivity index (χ4n) is 1.74.